The third-order valence-electron chi connectivity index (χ3n) is 1.30. The van der Waals surface area contributed by atoms with Crippen LogP contribution in [0, 0.1) is 0 Å². The van der Waals surface area contributed by atoms with Gasteiger partial charge in [0.1, 0.15) is 6.04 Å². The summed E-state index contributed by atoms with van der Waals surface area (Å²) in [5.41, 5.74) is 0. The van der Waals surface area contributed by atoms with E-state index in [1.54, 1.807) is 0 Å². The Balaban J connectivity index is 3.71. The van der Waals surface area contributed by atoms with E-state index in [2.05, 4.69) is 5.32 Å². The Morgan fingerprint density at radius 2 is 1.91 bits per heavy atom. The second-order valence-electron chi connectivity index (χ2n) is 2.29. The van der Waals surface area contributed by atoms with E-state index >= 15 is 0 Å². The van der Waals surface area contributed by atoms with Crippen molar-refractivity contribution in [2.75, 3.05) is 13.2 Å². The van der Waals surface area contributed by atoms with Crippen LogP contribution in [0.4, 0.5) is 0 Å². The molecule has 4 N–H and O–H groups in total. The molecule has 0 saturated heterocycles. The molecule has 11 heavy (non-hydrogen) atoms. The molecule has 0 aliphatic heterocycles. The molecular weight excluding hydrogens is 150 g/mol. The minimum atomic E-state index is -1.00. The molecule has 0 amide bonds. The first-order valence-electron chi connectivity index (χ1n) is 3.32. The molecule has 0 rings (SSSR count). The van der Waals surface area contributed by atoms with Crippen LogP contribution in [-0.2, 0) is 4.79 Å². The number of carbonyl (C=O) groups is 1. The SMILES string of the molecule is CC(NC(CO)CO)C(=O)O. The van der Waals surface area contributed by atoms with Crippen LogP contribution in [0.15, 0.2) is 0 Å². The van der Waals surface area contributed by atoms with Crippen LogP contribution in [0.1, 0.15) is 6.92 Å². The molecular formula is C6H13NO4. The zero-order valence-electron chi connectivity index (χ0n) is 6.32. The van der Waals surface area contributed by atoms with Crippen LogP contribution in [0.25, 0.3) is 0 Å². The predicted molar refractivity (Wildman–Crippen MR) is 38.2 cm³/mol. The molecule has 1 unspecified atom stereocenters. The largest absolute Gasteiger partial charge is 0.480 e. The fourth-order valence-electron chi connectivity index (χ4n) is 0.588. The van der Waals surface area contributed by atoms with Crippen LogP contribution < -0.4 is 5.32 Å². The van der Waals surface area contributed by atoms with E-state index in [-0.39, 0.29) is 13.2 Å². The summed E-state index contributed by atoms with van der Waals surface area (Å²) in [7, 11) is 0. The lowest BCUT2D eigenvalue weighted by molar-refractivity contribution is -0.139. The van der Waals surface area contributed by atoms with E-state index in [0.717, 1.165) is 0 Å². The number of rotatable bonds is 5. The molecule has 0 radical (unpaired) electrons. The van der Waals surface area contributed by atoms with Gasteiger partial charge in [-0.15, -0.1) is 0 Å². The maximum atomic E-state index is 10.2. The smallest absolute Gasteiger partial charge is 0.320 e. The molecule has 66 valence electrons. The lowest BCUT2D eigenvalue weighted by atomic mass is 10.2. The Morgan fingerprint density at radius 1 is 1.45 bits per heavy atom. The number of aliphatic carboxylic acids is 1. The van der Waals surface area contributed by atoms with E-state index in [4.69, 9.17) is 15.3 Å². The maximum Gasteiger partial charge on any atom is 0.320 e. The van der Waals surface area contributed by atoms with E-state index in [0.29, 0.717) is 0 Å². The molecule has 5 nitrogen and oxygen atoms in total. The first-order chi connectivity index (χ1) is 5.11. The second-order valence-corrected chi connectivity index (χ2v) is 2.29. The summed E-state index contributed by atoms with van der Waals surface area (Å²) in [6.07, 6.45) is 0. The van der Waals surface area contributed by atoms with Crippen molar-refractivity contribution in [2.24, 2.45) is 0 Å². The van der Waals surface area contributed by atoms with Gasteiger partial charge in [0.15, 0.2) is 0 Å². The van der Waals surface area contributed by atoms with E-state index in [1.165, 1.54) is 6.92 Å². The van der Waals surface area contributed by atoms with Crippen molar-refractivity contribution >= 4 is 5.97 Å². The highest BCUT2D eigenvalue weighted by atomic mass is 16.4. The van der Waals surface area contributed by atoms with Crippen molar-refractivity contribution < 1.29 is 20.1 Å². The normalized spacial score (nSPS) is 13.5. The summed E-state index contributed by atoms with van der Waals surface area (Å²) in [6, 6.07) is -1.31. The van der Waals surface area contributed by atoms with Gasteiger partial charge in [-0.2, -0.15) is 0 Å². The van der Waals surface area contributed by atoms with Crippen LogP contribution in [0.3, 0.4) is 0 Å². The highest BCUT2D eigenvalue weighted by Gasteiger charge is 2.14. The molecule has 0 fully saturated rings. The molecule has 5 heteroatoms. The number of hydrogen-bond donors (Lipinski definition) is 4. The Morgan fingerprint density at radius 3 is 2.18 bits per heavy atom. The summed E-state index contributed by atoms with van der Waals surface area (Å²) in [4.78, 5) is 10.2. The third kappa shape index (κ3) is 3.92. The average molecular weight is 163 g/mol. The van der Waals surface area contributed by atoms with Gasteiger partial charge in [-0.1, -0.05) is 0 Å². The lowest BCUT2D eigenvalue weighted by Gasteiger charge is -2.15. The third-order valence-corrected chi connectivity index (χ3v) is 1.30. The van der Waals surface area contributed by atoms with Gasteiger partial charge in [0.2, 0.25) is 0 Å². The van der Waals surface area contributed by atoms with Crippen molar-refractivity contribution in [1.82, 2.24) is 5.32 Å². The number of aliphatic hydroxyl groups is 2. The van der Waals surface area contributed by atoms with Crippen molar-refractivity contribution in [3.63, 3.8) is 0 Å². The second kappa shape index (κ2) is 5.06. The molecule has 0 aromatic heterocycles. The summed E-state index contributed by atoms with van der Waals surface area (Å²) in [5.74, 6) is -1.00. The monoisotopic (exact) mass is 163 g/mol. The van der Waals surface area contributed by atoms with Gasteiger partial charge in [-0.3, -0.25) is 10.1 Å². The fourth-order valence-corrected chi connectivity index (χ4v) is 0.588. The van der Waals surface area contributed by atoms with Crippen LogP contribution in [-0.4, -0.2) is 46.6 Å². The van der Waals surface area contributed by atoms with Gasteiger partial charge in [0.05, 0.1) is 19.3 Å². The van der Waals surface area contributed by atoms with E-state index in [1.807, 2.05) is 0 Å². The Labute approximate surface area is 64.7 Å². The van der Waals surface area contributed by atoms with Gasteiger partial charge >= 0.3 is 5.97 Å². The number of carboxylic acid groups (broad SMARTS) is 1. The quantitative estimate of drug-likeness (QED) is 0.392. The van der Waals surface area contributed by atoms with Crippen molar-refractivity contribution in [2.45, 2.75) is 19.0 Å². The molecule has 0 spiro atoms. The summed E-state index contributed by atoms with van der Waals surface area (Å²) < 4.78 is 0. The van der Waals surface area contributed by atoms with Gasteiger partial charge in [-0.05, 0) is 6.92 Å². The summed E-state index contributed by atoms with van der Waals surface area (Å²) in [5, 5.41) is 28.0. The Bertz CT molecular complexity index is 124. The maximum absolute atomic E-state index is 10.2. The summed E-state index contributed by atoms with van der Waals surface area (Å²) >= 11 is 0. The topological polar surface area (TPSA) is 89.8 Å². The average Bonchev–Trinajstić information content (AvgIpc) is 1.99. The first-order valence-corrected chi connectivity index (χ1v) is 3.32. The van der Waals surface area contributed by atoms with Crippen LogP contribution in [0.2, 0.25) is 0 Å². The molecule has 0 aliphatic rings. The number of carboxylic acids is 1. The molecule has 0 aromatic carbocycles. The number of hydrogen-bond acceptors (Lipinski definition) is 4. The highest BCUT2D eigenvalue weighted by molar-refractivity contribution is 5.72. The van der Waals surface area contributed by atoms with E-state index in [9.17, 15) is 4.79 Å². The minimum Gasteiger partial charge on any atom is -0.480 e. The Kier molecular flexibility index (Phi) is 4.76. The van der Waals surface area contributed by atoms with Crippen LogP contribution >= 0.6 is 0 Å². The van der Waals surface area contributed by atoms with Gasteiger partial charge in [-0.25, -0.2) is 0 Å². The zero-order valence-corrected chi connectivity index (χ0v) is 6.32. The Hall–Kier alpha value is -0.650. The fraction of sp³-hybridized carbons (Fsp3) is 0.833. The van der Waals surface area contributed by atoms with Crippen molar-refractivity contribution in [3.05, 3.63) is 0 Å². The molecule has 0 aromatic rings. The molecule has 1 atom stereocenters. The van der Waals surface area contributed by atoms with E-state index < -0.39 is 18.1 Å². The van der Waals surface area contributed by atoms with Gasteiger partial charge < -0.3 is 15.3 Å². The molecule has 0 heterocycles. The van der Waals surface area contributed by atoms with Crippen molar-refractivity contribution in [3.8, 4) is 0 Å². The van der Waals surface area contributed by atoms with Crippen molar-refractivity contribution in [1.29, 1.82) is 0 Å². The first kappa shape index (κ1) is 10.3. The lowest BCUT2D eigenvalue weighted by Crippen LogP contribution is -2.45. The number of nitrogens with one attached hydrogen (secondary N) is 1. The molecule has 0 aliphatic carbocycles. The zero-order chi connectivity index (χ0) is 8.85. The van der Waals surface area contributed by atoms with Crippen LogP contribution in [0.5, 0.6) is 0 Å². The minimum absolute atomic E-state index is 0.270. The standard InChI is InChI=1S/C6H13NO4/c1-4(6(10)11)7-5(2-8)3-9/h4-5,7-9H,2-3H2,1H3,(H,10,11). The molecule has 0 bridgehead atoms. The number of aliphatic hydroxyl groups excluding tert-OH is 2. The summed E-state index contributed by atoms with van der Waals surface area (Å²) in [6.45, 7) is 0.906. The van der Waals surface area contributed by atoms with Gasteiger partial charge in [0.25, 0.3) is 0 Å². The predicted octanol–water partition coefficient (Wildman–Crippen LogP) is -1.60. The molecule has 0 saturated carbocycles. The van der Waals surface area contributed by atoms with Gasteiger partial charge in [0, 0.05) is 0 Å². The highest BCUT2D eigenvalue weighted by Crippen LogP contribution is 1.86.